The third-order valence-corrected chi connectivity index (χ3v) is 8.30. The predicted molar refractivity (Wildman–Crippen MR) is 142 cm³/mol. The molecule has 12 nitrogen and oxygen atoms in total. The highest BCUT2D eigenvalue weighted by Gasteiger charge is 2.42. The highest BCUT2D eigenvalue weighted by atomic mass is 32.2. The lowest BCUT2D eigenvalue weighted by Gasteiger charge is -2.19. The largest absolute Gasteiger partial charge is 0.460 e. The number of halogens is 1. The van der Waals surface area contributed by atoms with Crippen LogP contribution in [0.3, 0.4) is 0 Å². The second-order valence-corrected chi connectivity index (χ2v) is 13.1. The molecule has 214 valence electrons. The number of carbonyl (C=O) groups excluding carboxylic acids is 1. The minimum absolute atomic E-state index is 0.0156. The Hall–Kier alpha value is -3.81. The van der Waals surface area contributed by atoms with Gasteiger partial charge in [0.25, 0.3) is 10.0 Å². The molecule has 1 aromatic carbocycles. The van der Waals surface area contributed by atoms with Crippen LogP contribution in [0.1, 0.15) is 71.3 Å². The minimum atomic E-state index is -4.33. The molecule has 2 aliphatic rings. The fraction of sp³-hybridized carbons (Fsp3) is 0.500. The van der Waals surface area contributed by atoms with E-state index in [0.717, 1.165) is 49.8 Å². The molecule has 0 radical (unpaired) electrons. The van der Waals surface area contributed by atoms with E-state index in [-0.39, 0.29) is 29.2 Å². The van der Waals surface area contributed by atoms with Crippen molar-refractivity contribution in [2.45, 2.75) is 87.9 Å². The van der Waals surface area contributed by atoms with Crippen LogP contribution in [0.5, 0.6) is 6.01 Å². The Balaban J connectivity index is 1.18. The predicted octanol–water partition coefficient (Wildman–Crippen LogP) is 4.39. The first-order valence-electron chi connectivity index (χ1n) is 13.0. The summed E-state index contributed by atoms with van der Waals surface area (Å²) in [5.74, 6) is -0.490. The summed E-state index contributed by atoms with van der Waals surface area (Å²) in [5.41, 5.74) is 0.0881. The lowest BCUT2D eigenvalue weighted by atomic mass is 10.0. The van der Waals surface area contributed by atoms with Crippen molar-refractivity contribution in [2.24, 2.45) is 0 Å². The minimum Gasteiger partial charge on any atom is -0.460 e. The van der Waals surface area contributed by atoms with Gasteiger partial charge in [-0.3, -0.25) is 4.57 Å². The number of carbonyl (C=O) groups is 1. The van der Waals surface area contributed by atoms with Crippen LogP contribution in [-0.2, 0) is 20.3 Å². The summed E-state index contributed by atoms with van der Waals surface area (Å²) in [6.45, 7) is 6.95. The molecule has 2 fully saturated rings. The number of ether oxygens (including phenoxy) is 2. The number of hydrogen-bond acceptors (Lipinski definition) is 10. The number of amides is 1. The number of nitrogens with one attached hydrogen (secondary N) is 2. The average molecular weight is 574 g/mol. The molecule has 0 spiro atoms. The molecule has 1 amide bonds. The third-order valence-electron chi connectivity index (χ3n) is 6.99. The van der Waals surface area contributed by atoms with Crippen LogP contribution < -0.4 is 14.8 Å². The summed E-state index contributed by atoms with van der Waals surface area (Å²) in [6, 6.07) is 3.75. The van der Waals surface area contributed by atoms with Gasteiger partial charge in [0.15, 0.2) is 0 Å². The first-order valence-corrected chi connectivity index (χ1v) is 14.5. The van der Waals surface area contributed by atoms with Gasteiger partial charge in [0.05, 0.1) is 10.6 Å². The standard InChI is InChI=1S/C26H32FN7O5S/c1-25(2,3)39-24(35)33-40(36,37)19-7-8-21(20(27)12-19)31-22-28-13-17(14-29-22)16-5-6-18(11-16)38-23-32-30-15-34(23)26(4)9-10-26/h7-8,12-16,18H,5-6,9-11H2,1-4H3,(H,33,35)(H,28,29,31)/t16-,18+/m0/s1. The maximum atomic E-state index is 14.8. The van der Waals surface area contributed by atoms with E-state index >= 15 is 0 Å². The first kappa shape index (κ1) is 27.7. The molecule has 2 aromatic heterocycles. The number of rotatable bonds is 8. The van der Waals surface area contributed by atoms with Gasteiger partial charge in [0.2, 0.25) is 5.95 Å². The topological polar surface area (TPSA) is 150 Å². The van der Waals surface area contributed by atoms with Crippen LogP contribution in [-0.4, -0.2) is 50.9 Å². The molecule has 40 heavy (non-hydrogen) atoms. The quantitative estimate of drug-likeness (QED) is 0.397. The fourth-order valence-corrected chi connectivity index (χ4v) is 5.45. The summed E-state index contributed by atoms with van der Waals surface area (Å²) in [7, 11) is -4.33. The lowest BCUT2D eigenvalue weighted by molar-refractivity contribution is 0.0570. The van der Waals surface area contributed by atoms with Gasteiger partial charge in [-0.25, -0.2) is 32.3 Å². The van der Waals surface area contributed by atoms with Crippen LogP contribution in [0.25, 0.3) is 0 Å². The molecular weight excluding hydrogens is 541 g/mol. The van der Waals surface area contributed by atoms with Crippen LogP contribution in [0.15, 0.2) is 41.8 Å². The lowest BCUT2D eigenvalue weighted by Crippen LogP contribution is -2.36. The summed E-state index contributed by atoms with van der Waals surface area (Å²) in [5, 5.41) is 10.9. The summed E-state index contributed by atoms with van der Waals surface area (Å²) in [6.07, 6.45) is 8.73. The van der Waals surface area contributed by atoms with E-state index < -0.39 is 32.4 Å². The number of hydrogen-bond donors (Lipinski definition) is 2. The van der Waals surface area contributed by atoms with Gasteiger partial charge in [-0.2, -0.15) is 0 Å². The Kier molecular flexibility index (Phi) is 7.15. The molecule has 2 heterocycles. The molecule has 0 aliphatic heterocycles. The molecule has 0 bridgehead atoms. The van der Waals surface area contributed by atoms with Crippen LogP contribution in [0.4, 0.5) is 20.8 Å². The maximum Gasteiger partial charge on any atom is 0.421 e. The monoisotopic (exact) mass is 573 g/mol. The van der Waals surface area contributed by atoms with Crippen molar-refractivity contribution in [3.63, 3.8) is 0 Å². The van der Waals surface area contributed by atoms with Gasteiger partial charge in [0, 0.05) is 17.9 Å². The van der Waals surface area contributed by atoms with Crippen molar-refractivity contribution < 1.29 is 27.1 Å². The Morgan fingerprint density at radius 3 is 2.55 bits per heavy atom. The summed E-state index contributed by atoms with van der Waals surface area (Å²) >= 11 is 0. The number of nitrogens with zero attached hydrogens (tertiary/aromatic N) is 5. The molecule has 5 rings (SSSR count). The second kappa shape index (κ2) is 10.3. The Labute approximate surface area is 231 Å². The third kappa shape index (κ3) is 6.32. The van der Waals surface area contributed by atoms with Crippen molar-refractivity contribution in [3.05, 3.63) is 48.3 Å². The van der Waals surface area contributed by atoms with Crippen molar-refractivity contribution in [1.29, 1.82) is 0 Å². The van der Waals surface area contributed by atoms with Crippen LogP contribution in [0, 0.1) is 5.82 Å². The first-order chi connectivity index (χ1) is 18.8. The molecule has 2 aliphatic carbocycles. The molecule has 2 N–H and O–H groups in total. The molecular formula is C26H32FN7O5S. The van der Waals surface area contributed by atoms with E-state index in [2.05, 4.69) is 32.4 Å². The van der Waals surface area contributed by atoms with Crippen molar-refractivity contribution >= 4 is 27.8 Å². The highest BCUT2D eigenvalue weighted by Crippen LogP contribution is 2.45. The van der Waals surface area contributed by atoms with E-state index in [9.17, 15) is 17.6 Å². The van der Waals surface area contributed by atoms with Crippen LogP contribution in [0.2, 0.25) is 0 Å². The molecule has 0 unspecified atom stereocenters. The Morgan fingerprint density at radius 2 is 1.90 bits per heavy atom. The normalized spacial score (nSPS) is 20.1. The highest BCUT2D eigenvalue weighted by molar-refractivity contribution is 7.90. The number of benzene rings is 1. The van der Waals surface area contributed by atoms with E-state index in [1.165, 1.54) is 6.07 Å². The van der Waals surface area contributed by atoms with Gasteiger partial charge in [-0.05, 0) is 89.5 Å². The zero-order valence-electron chi connectivity index (χ0n) is 22.7. The van der Waals surface area contributed by atoms with Crippen molar-refractivity contribution in [3.8, 4) is 6.01 Å². The van der Waals surface area contributed by atoms with Crippen molar-refractivity contribution in [2.75, 3.05) is 5.32 Å². The molecule has 2 atom stereocenters. The van der Waals surface area contributed by atoms with Gasteiger partial charge < -0.3 is 14.8 Å². The summed E-state index contributed by atoms with van der Waals surface area (Å²) < 4.78 is 54.6. The molecule has 2 saturated carbocycles. The second-order valence-electron chi connectivity index (χ2n) is 11.4. The smallest absolute Gasteiger partial charge is 0.421 e. The average Bonchev–Trinajstić information content (AvgIpc) is 3.24. The van der Waals surface area contributed by atoms with E-state index in [0.29, 0.717) is 6.01 Å². The summed E-state index contributed by atoms with van der Waals surface area (Å²) in [4.78, 5) is 20.0. The van der Waals surface area contributed by atoms with Gasteiger partial charge >= 0.3 is 12.1 Å². The number of anilines is 2. The number of sulfonamides is 1. The SMILES string of the molecule is CC(C)(C)OC(=O)NS(=O)(=O)c1ccc(Nc2ncc([C@H]3CC[C@@H](Oc4nncn4C4(C)CC4)C3)cn2)c(F)c1. The van der Waals surface area contributed by atoms with Gasteiger partial charge in [-0.1, -0.05) is 5.10 Å². The Morgan fingerprint density at radius 1 is 1.18 bits per heavy atom. The number of aromatic nitrogens is 5. The Bertz CT molecular complexity index is 1500. The maximum absolute atomic E-state index is 14.8. The van der Waals surface area contributed by atoms with Gasteiger partial charge in [0.1, 0.15) is 23.8 Å². The van der Waals surface area contributed by atoms with Crippen LogP contribution >= 0.6 is 0 Å². The van der Waals surface area contributed by atoms with Crippen molar-refractivity contribution in [1.82, 2.24) is 29.5 Å². The van der Waals surface area contributed by atoms with Gasteiger partial charge in [-0.15, -0.1) is 5.10 Å². The zero-order valence-corrected chi connectivity index (χ0v) is 23.5. The molecule has 0 saturated heterocycles. The van der Waals surface area contributed by atoms with E-state index in [4.69, 9.17) is 9.47 Å². The van der Waals surface area contributed by atoms with E-state index in [1.807, 2.05) is 4.57 Å². The molecule has 3 aromatic rings. The zero-order chi connectivity index (χ0) is 28.7. The molecule has 14 heteroatoms. The van der Waals surface area contributed by atoms with E-state index in [1.54, 1.807) is 44.2 Å². The fourth-order valence-electron chi connectivity index (χ4n) is 4.56.